The summed E-state index contributed by atoms with van der Waals surface area (Å²) in [7, 11) is 3.37. The van der Waals surface area contributed by atoms with Crippen LogP contribution in [0.5, 0.6) is 11.5 Å². The largest absolute Gasteiger partial charge is 0.497 e. The van der Waals surface area contributed by atoms with E-state index in [4.69, 9.17) is 9.47 Å². The maximum Gasteiger partial charge on any atom is 0.123 e. The van der Waals surface area contributed by atoms with Crippen molar-refractivity contribution in [1.29, 1.82) is 0 Å². The van der Waals surface area contributed by atoms with Crippen molar-refractivity contribution in [2.24, 2.45) is 0 Å². The first-order valence-electron chi connectivity index (χ1n) is 8.15. The minimum Gasteiger partial charge on any atom is -0.497 e. The van der Waals surface area contributed by atoms with Crippen LogP contribution < -0.4 is 14.8 Å². The smallest absolute Gasteiger partial charge is 0.123 e. The van der Waals surface area contributed by atoms with Crippen LogP contribution in [-0.4, -0.2) is 14.2 Å². The van der Waals surface area contributed by atoms with E-state index in [-0.39, 0.29) is 6.04 Å². The fourth-order valence-electron chi connectivity index (χ4n) is 3.02. The van der Waals surface area contributed by atoms with Crippen LogP contribution in [0.1, 0.15) is 24.1 Å². The summed E-state index contributed by atoms with van der Waals surface area (Å²) in [6.45, 7) is 2.90. The first-order valence-corrected chi connectivity index (χ1v) is 8.15. The Morgan fingerprint density at radius 3 is 2.50 bits per heavy atom. The second-order valence-corrected chi connectivity index (χ2v) is 5.85. The molecule has 124 valence electrons. The number of hydrogen-bond acceptors (Lipinski definition) is 3. The van der Waals surface area contributed by atoms with E-state index in [2.05, 4.69) is 54.7 Å². The maximum atomic E-state index is 5.46. The second-order valence-electron chi connectivity index (χ2n) is 5.85. The predicted molar refractivity (Wildman–Crippen MR) is 98.7 cm³/mol. The van der Waals surface area contributed by atoms with Crippen LogP contribution in [0.2, 0.25) is 0 Å². The zero-order valence-electron chi connectivity index (χ0n) is 14.4. The molecule has 3 aromatic carbocycles. The van der Waals surface area contributed by atoms with E-state index in [1.165, 1.54) is 16.3 Å². The van der Waals surface area contributed by atoms with Gasteiger partial charge in [-0.3, -0.25) is 0 Å². The highest BCUT2D eigenvalue weighted by atomic mass is 16.5. The average Bonchev–Trinajstić information content (AvgIpc) is 2.65. The molecule has 1 atom stereocenters. The molecular weight excluding hydrogens is 298 g/mol. The minimum absolute atomic E-state index is 0.229. The Hall–Kier alpha value is -2.52. The van der Waals surface area contributed by atoms with Crippen molar-refractivity contribution in [3.8, 4) is 11.5 Å². The van der Waals surface area contributed by atoms with Crippen molar-refractivity contribution < 1.29 is 9.47 Å². The molecule has 3 nitrogen and oxygen atoms in total. The first-order chi connectivity index (χ1) is 11.7. The fourth-order valence-corrected chi connectivity index (χ4v) is 3.02. The molecule has 3 rings (SSSR count). The van der Waals surface area contributed by atoms with Crippen molar-refractivity contribution in [3.63, 3.8) is 0 Å². The Bertz CT molecular complexity index is 824. The van der Waals surface area contributed by atoms with Crippen LogP contribution >= 0.6 is 0 Å². The number of nitrogens with one attached hydrogen (secondary N) is 1. The lowest BCUT2D eigenvalue weighted by atomic mass is 9.99. The van der Waals surface area contributed by atoms with Gasteiger partial charge >= 0.3 is 0 Å². The Balaban J connectivity index is 1.81. The van der Waals surface area contributed by atoms with Crippen LogP contribution in [0.15, 0.2) is 60.7 Å². The topological polar surface area (TPSA) is 30.5 Å². The van der Waals surface area contributed by atoms with Gasteiger partial charge < -0.3 is 14.8 Å². The molecule has 0 radical (unpaired) electrons. The van der Waals surface area contributed by atoms with Crippen LogP contribution in [0.4, 0.5) is 0 Å². The summed E-state index contributed by atoms with van der Waals surface area (Å²) in [5.74, 6) is 1.71. The number of rotatable bonds is 6. The van der Waals surface area contributed by atoms with E-state index < -0.39 is 0 Å². The second kappa shape index (κ2) is 7.37. The van der Waals surface area contributed by atoms with E-state index in [9.17, 15) is 0 Å². The van der Waals surface area contributed by atoms with Gasteiger partial charge in [-0.05, 0) is 41.5 Å². The molecule has 0 amide bonds. The first kappa shape index (κ1) is 16.3. The molecule has 0 aliphatic heterocycles. The fraction of sp³-hybridized carbons (Fsp3) is 0.238. The molecule has 0 saturated carbocycles. The number of fused-ring (bicyclic) bond motifs is 1. The molecule has 0 aromatic heterocycles. The maximum absolute atomic E-state index is 5.46. The van der Waals surface area contributed by atoms with Crippen LogP contribution in [0.25, 0.3) is 10.8 Å². The summed E-state index contributed by atoms with van der Waals surface area (Å²) in [5, 5.41) is 6.15. The van der Waals surface area contributed by atoms with Gasteiger partial charge in [0.1, 0.15) is 11.5 Å². The number of hydrogen-bond donors (Lipinski definition) is 1. The van der Waals surface area contributed by atoms with Gasteiger partial charge in [0.2, 0.25) is 0 Å². The molecular formula is C21H23NO2. The van der Waals surface area contributed by atoms with Crippen molar-refractivity contribution >= 4 is 10.8 Å². The normalized spacial score (nSPS) is 12.1. The molecule has 0 aliphatic rings. The standard InChI is InChI=1S/C21H23NO2/c1-15(19-10-6-8-16-7-4-5-9-20(16)19)22-14-17-13-18(23-2)11-12-21(17)24-3/h4-13,15,22H,14H2,1-3H3/t15-/m1/s1. The summed E-state index contributed by atoms with van der Waals surface area (Å²) in [6.07, 6.45) is 0. The summed E-state index contributed by atoms with van der Waals surface area (Å²) < 4.78 is 10.8. The van der Waals surface area contributed by atoms with E-state index in [0.717, 1.165) is 17.1 Å². The SMILES string of the molecule is COc1ccc(OC)c(CN[C@H](C)c2cccc3ccccc23)c1. The van der Waals surface area contributed by atoms with Gasteiger partial charge in [-0.1, -0.05) is 42.5 Å². The van der Waals surface area contributed by atoms with E-state index in [0.29, 0.717) is 6.54 Å². The Morgan fingerprint density at radius 1 is 0.917 bits per heavy atom. The molecule has 0 saturated heterocycles. The van der Waals surface area contributed by atoms with Gasteiger partial charge in [0.15, 0.2) is 0 Å². The highest BCUT2D eigenvalue weighted by molar-refractivity contribution is 5.86. The zero-order chi connectivity index (χ0) is 16.9. The molecule has 3 aromatic rings. The molecule has 0 heterocycles. The molecule has 0 aliphatic carbocycles. The van der Waals surface area contributed by atoms with Crippen LogP contribution in [0, 0.1) is 0 Å². The lowest BCUT2D eigenvalue weighted by molar-refractivity contribution is 0.395. The van der Waals surface area contributed by atoms with Crippen molar-refractivity contribution in [3.05, 3.63) is 71.8 Å². The Morgan fingerprint density at radius 2 is 1.71 bits per heavy atom. The summed E-state index contributed by atoms with van der Waals surface area (Å²) in [4.78, 5) is 0. The highest BCUT2D eigenvalue weighted by Gasteiger charge is 2.11. The molecule has 0 fully saturated rings. The monoisotopic (exact) mass is 321 g/mol. The van der Waals surface area contributed by atoms with E-state index in [1.54, 1.807) is 14.2 Å². The lowest BCUT2D eigenvalue weighted by Crippen LogP contribution is -2.18. The van der Waals surface area contributed by atoms with Gasteiger partial charge in [-0.2, -0.15) is 0 Å². The van der Waals surface area contributed by atoms with Gasteiger partial charge in [-0.25, -0.2) is 0 Å². The molecule has 0 unspecified atom stereocenters. The van der Waals surface area contributed by atoms with Crippen molar-refractivity contribution in [1.82, 2.24) is 5.32 Å². The van der Waals surface area contributed by atoms with Crippen molar-refractivity contribution in [2.45, 2.75) is 19.5 Å². The highest BCUT2D eigenvalue weighted by Crippen LogP contribution is 2.27. The van der Waals surface area contributed by atoms with E-state index in [1.807, 2.05) is 18.2 Å². The van der Waals surface area contributed by atoms with Crippen LogP contribution in [0.3, 0.4) is 0 Å². The quantitative estimate of drug-likeness (QED) is 0.713. The third kappa shape index (κ3) is 3.36. The third-order valence-electron chi connectivity index (χ3n) is 4.38. The molecule has 0 spiro atoms. The minimum atomic E-state index is 0.229. The predicted octanol–water partition coefficient (Wildman–Crippen LogP) is 4.71. The Labute approximate surface area is 143 Å². The number of methoxy groups -OCH3 is 2. The third-order valence-corrected chi connectivity index (χ3v) is 4.38. The van der Waals surface area contributed by atoms with Gasteiger partial charge in [0.05, 0.1) is 14.2 Å². The van der Waals surface area contributed by atoms with Gasteiger partial charge in [0, 0.05) is 18.2 Å². The molecule has 3 heteroatoms. The van der Waals surface area contributed by atoms with Crippen LogP contribution in [-0.2, 0) is 6.54 Å². The molecule has 1 N–H and O–H groups in total. The number of ether oxygens (including phenoxy) is 2. The van der Waals surface area contributed by atoms with E-state index >= 15 is 0 Å². The number of benzene rings is 3. The zero-order valence-corrected chi connectivity index (χ0v) is 14.4. The lowest BCUT2D eigenvalue weighted by Gasteiger charge is -2.18. The van der Waals surface area contributed by atoms with Gasteiger partial charge in [0.25, 0.3) is 0 Å². The average molecular weight is 321 g/mol. The molecule has 24 heavy (non-hydrogen) atoms. The summed E-state index contributed by atoms with van der Waals surface area (Å²) in [6, 6.07) is 21.0. The van der Waals surface area contributed by atoms with Gasteiger partial charge in [-0.15, -0.1) is 0 Å². The summed E-state index contributed by atoms with van der Waals surface area (Å²) in [5.41, 5.74) is 2.39. The summed E-state index contributed by atoms with van der Waals surface area (Å²) >= 11 is 0. The Kier molecular flexibility index (Phi) is 5.02. The van der Waals surface area contributed by atoms with Crippen molar-refractivity contribution in [2.75, 3.05) is 14.2 Å². The molecule has 0 bridgehead atoms.